The first kappa shape index (κ1) is 10.2. The lowest BCUT2D eigenvalue weighted by Crippen LogP contribution is -1.97. The smallest absolute Gasteiger partial charge is 0.208 e. The number of halogens is 1. The molecule has 3 aromatic rings. The van der Waals surface area contributed by atoms with Crippen molar-refractivity contribution in [2.24, 2.45) is 0 Å². The number of aromatic nitrogens is 5. The summed E-state index contributed by atoms with van der Waals surface area (Å²) in [6, 6.07) is 3.44. The maximum atomic E-state index is 5.86. The topological polar surface area (TPSA) is 69.1 Å². The summed E-state index contributed by atoms with van der Waals surface area (Å²) in [4.78, 5) is 4.15. The van der Waals surface area contributed by atoms with Crippen LogP contribution in [0.5, 0.6) is 0 Å². The normalized spacial score (nSPS) is 11.2. The van der Waals surface area contributed by atoms with Gasteiger partial charge < -0.3 is 4.52 Å². The molecule has 0 aliphatic rings. The highest BCUT2D eigenvalue weighted by Crippen LogP contribution is 2.21. The number of rotatable bonds is 1. The van der Waals surface area contributed by atoms with Gasteiger partial charge in [-0.3, -0.25) is 4.40 Å². The van der Waals surface area contributed by atoms with Crippen LogP contribution in [0, 0.1) is 13.8 Å². The van der Waals surface area contributed by atoms with Crippen molar-refractivity contribution < 1.29 is 4.52 Å². The zero-order chi connectivity index (χ0) is 12.0. The third kappa shape index (κ3) is 1.57. The standard InChI is InChI=1S/C10H8ClN5O/c1-5-3-7(17-15-5)10-14-13-9-4-8(11)12-6(2)16(9)10/h3-4H,1-2H3. The van der Waals surface area contributed by atoms with Crippen molar-refractivity contribution in [1.29, 1.82) is 0 Å². The van der Waals surface area contributed by atoms with Crippen LogP contribution < -0.4 is 0 Å². The quantitative estimate of drug-likeness (QED) is 0.618. The Bertz CT molecular complexity index is 702. The van der Waals surface area contributed by atoms with E-state index >= 15 is 0 Å². The number of hydrogen-bond acceptors (Lipinski definition) is 5. The number of aryl methyl sites for hydroxylation is 2. The maximum absolute atomic E-state index is 5.86. The Kier molecular flexibility index (Phi) is 2.12. The van der Waals surface area contributed by atoms with Crippen molar-refractivity contribution in [3.8, 4) is 11.6 Å². The minimum absolute atomic E-state index is 0.391. The summed E-state index contributed by atoms with van der Waals surface area (Å²) in [5.74, 6) is 1.83. The highest BCUT2D eigenvalue weighted by molar-refractivity contribution is 6.29. The molecule has 0 bridgehead atoms. The van der Waals surface area contributed by atoms with Crippen molar-refractivity contribution in [2.45, 2.75) is 13.8 Å². The van der Waals surface area contributed by atoms with Crippen molar-refractivity contribution in [1.82, 2.24) is 24.7 Å². The van der Waals surface area contributed by atoms with Crippen LogP contribution in [0.2, 0.25) is 5.15 Å². The van der Waals surface area contributed by atoms with E-state index in [1.807, 2.05) is 13.8 Å². The van der Waals surface area contributed by atoms with E-state index in [0.29, 0.717) is 28.2 Å². The molecule has 0 aliphatic heterocycles. The zero-order valence-corrected chi connectivity index (χ0v) is 9.93. The molecule has 0 N–H and O–H groups in total. The Balaban J connectivity index is 2.31. The van der Waals surface area contributed by atoms with E-state index in [2.05, 4.69) is 20.3 Å². The minimum Gasteiger partial charge on any atom is -0.353 e. The predicted molar refractivity (Wildman–Crippen MR) is 60.8 cm³/mol. The van der Waals surface area contributed by atoms with Crippen molar-refractivity contribution in [3.63, 3.8) is 0 Å². The van der Waals surface area contributed by atoms with E-state index < -0.39 is 0 Å². The predicted octanol–water partition coefficient (Wildman–Crippen LogP) is 2.05. The zero-order valence-electron chi connectivity index (χ0n) is 9.18. The second-order valence-corrected chi connectivity index (χ2v) is 4.06. The van der Waals surface area contributed by atoms with E-state index in [-0.39, 0.29) is 0 Å². The molecule has 0 aromatic carbocycles. The van der Waals surface area contributed by atoms with Gasteiger partial charge in [-0.15, -0.1) is 10.2 Å². The molecule has 0 radical (unpaired) electrons. The van der Waals surface area contributed by atoms with E-state index in [4.69, 9.17) is 16.1 Å². The molecular formula is C10H8ClN5O. The van der Waals surface area contributed by atoms with Crippen LogP contribution in [0.15, 0.2) is 16.7 Å². The highest BCUT2D eigenvalue weighted by Gasteiger charge is 2.15. The molecule has 0 atom stereocenters. The van der Waals surface area contributed by atoms with Gasteiger partial charge in [-0.05, 0) is 13.8 Å². The summed E-state index contributed by atoms with van der Waals surface area (Å²) in [6.45, 7) is 3.67. The van der Waals surface area contributed by atoms with Gasteiger partial charge in [0, 0.05) is 12.1 Å². The molecule has 6 nitrogen and oxygen atoms in total. The first-order chi connectivity index (χ1) is 8.15. The summed E-state index contributed by atoms with van der Waals surface area (Å²) in [5.41, 5.74) is 1.42. The SMILES string of the molecule is Cc1cc(-c2nnc3cc(Cl)nc(C)n23)on1. The summed E-state index contributed by atoms with van der Waals surface area (Å²) in [5, 5.41) is 12.3. The fraction of sp³-hybridized carbons (Fsp3) is 0.200. The van der Waals surface area contributed by atoms with E-state index in [1.54, 1.807) is 16.5 Å². The van der Waals surface area contributed by atoms with Gasteiger partial charge in [-0.25, -0.2) is 4.98 Å². The van der Waals surface area contributed by atoms with Crippen molar-refractivity contribution in [2.75, 3.05) is 0 Å². The molecule has 3 aromatic heterocycles. The van der Waals surface area contributed by atoms with Crippen LogP contribution in [0.1, 0.15) is 11.5 Å². The van der Waals surface area contributed by atoms with Gasteiger partial charge in [0.15, 0.2) is 5.65 Å². The molecule has 0 aliphatic carbocycles. The van der Waals surface area contributed by atoms with Crippen molar-refractivity contribution >= 4 is 17.2 Å². The van der Waals surface area contributed by atoms with Crippen molar-refractivity contribution in [3.05, 3.63) is 28.8 Å². The summed E-state index contributed by atoms with van der Waals surface area (Å²) in [7, 11) is 0. The van der Waals surface area contributed by atoms with Gasteiger partial charge >= 0.3 is 0 Å². The minimum atomic E-state index is 0.391. The summed E-state index contributed by atoms with van der Waals surface area (Å²) < 4.78 is 6.94. The van der Waals surface area contributed by atoms with Gasteiger partial charge in [0.05, 0.1) is 5.69 Å². The largest absolute Gasteiger partial charge is 0.353 e. The molecule has 0 saturated carbocycles. The maximum Gasteiger partial charge on any atom is 0.208 e. The average Bonchev–Trinajstić information content (AvgIpc) is 2.83. The van der Waals surface area contributed by atoms with Crippen LogP contribution in [-0.4, -0.2) is 24.7 Å². The first-order valence-corrected chi connectivity index (χ1v) is 5.35. The molecule has 0 spiro atoms. The highest BCUT2D eigenvalue weighted by atomic mass is 35.5. The van der Waals surface area contributed by atoms with E-state index in [0.717, 1.165) is 5.69 Å². The molecule has 3 rings (SSSR count). The third-order valence-corrected chi connectivity index (χ3v) is 2.57. The van der Waals surface area contributed by atoms with E-state index in [9.17, 15) is 0 Å². The fourth-order valence-electron chi connectivity index (χ4n) is 1.68. The molecule has 0 amide bonds. The molecule has 0 fully saturated rings. The Morgan fingerprint density at radius 1 is 1.24 bits per heavy atom. The second-order valence-electron chi connectivity index (χ2n) is 3.68. The van der Waals surface area contributed by atoms with Gasteiger partial charge in [-0.2, -0.15) is 0 Å². The first-order valence-electron chi connectivity index (χ1n) is 4.97. The van der Waals surface area contributed by atoms with Gasteiger partial charge in [0.1, 0.15) is 11.0 Å². The molecule has 0 saturated heterocycles. The Morgan fingerprint density at radius 3 is 2.76 bits per heavy atom. The van der Waals surface area contributed by atoms with Crippen LogP contribution >= 0.6 is 11.6 Å². The summed E-state index contributed by atoms with van der Waals surface area (Å²) in [6.07, 6.45) is 0. The number of hydrogen-bond donors (Lipinski definition) is 0. The second kappa shape index (κ2) is 3.53. The van der Waals surface area contributed by atoms with Gasteiger partial charge in [-0.1, -0.05) is 16.8 Å². The van der Waals surface area contributed by atoms with Crippen LogP contribution in [0.4, 0.5) is 0 Å². The molecule has 7 heteroatoms. The lowest BCUT2D eigenvalue weighted by atomic mass is 10.3. The Morgan fingerprint density at radius 2 is 2.06 bits per heavy atom. The molecule has 86 valence electrons. The molecule has 0 unspecified atom stereocenters. The molecule has 17 heavy (non-hydrogen) atoms. The van der Waals surface area contributed by atoms with Gasteiger partial charge in [0.2, 0.25) is 11.6 Å². The summed E-state index contributed by atoms with van der Waals surface area (Å²) >= 11 is 5.86. The monoisotopic (exact) mass is 249 g/mol. The van der Waals surface area contributed by atoms with Crippen LogP contribution in [0.3, 0.4) is 0 Å². The number of fused-ring (bicyclic) bond motifs is 1. The van der Waals surface area contributed by atoms with E-state index in [1.165, 1.54) is 0 Å². The average molecular weight is 250 g/mol. The van der Waals surface area contributed by atoms with Crippen LogP contribution in [-0.2, 0) is 0 Å². The van der Waals surface area contributed by atoms with Crippen LogP contribution in [0.25, 0.3) is 17.2 Å². The molecule has 3 heterocycles. The molecular weight excluding hydrogens is 242 g/mol. The lowest BCUT2D eigenvalue weighted by molar-refractivity contribution is 0.424. The van der Waals surface area contributed by atoms with Gasteiger partial charge in [0.25, 0.3) is 0 Å². The lowest BCUT2D eigenvalue weighted by Gasteiger charge is -2.00. The Labute approximate surface area is 101 Å². The Hall–Kier alpha value is -1.95. The third-order valence-electron chi connectivity index (χ3n) is 2.38. The fourth-order valence-corrected chi connectivity index (χ4v) is 1.90. The number of nitrogens with zero attached hydrogens (tertiary/aromatic N) is 5.